The maximum absolute atomic E-state index is 13.8. The number of nitrogens with zero attached hydrogens (tertiary/aromatic N) is 3. The van der Waals surface area contributed by atoms with Crippen molar-refractivity contribution in [3.63, 3.8) is 0 Å². The van der Waals surface area contributed by atoms with Crippen LogP contribution in [0, 0.1) is 18.6 Å². The summed E-state index contributed by atoms with van der Waals surface area (Å²) in [6.45, 7) is 1.49. The SMILES string of the molecule is Cc1nc(OCc2ccc(F)cc2F)c(Cl)c(=O)n1Cc1cccc(C(=O)N(C)C)c1. The summed E-state index contributed by atoms with van der Waals surface area (Å²) in [7, 11) is 3.31. The Morgan fingerprint density at radius 2 is 1.94 bits per heavy atom. The molecule has 0 fully saturated rings. The van der Waals surface area contributed by atoms with Gasteiger partial charge in [-0.1, -0.05) is 23.7 Å². The van der Waals surface area contributed by atoms with Gasteiger partial charge in [-0.2, -0.15) is 4.98 Å². The number of aromatic nitrogens is 2. The normalized spacial score (nSPS) is 10.8. The predicted molar refractivity (Wildman–Crippen MR) is 112 cm³/mol. The summed E-state index contributed by atoms with van der Waals surface area (Å²) in [5.41, 5.74) is 0.780. The summed E-state index contributed by atoms with van der Waals surface area (Å²) in [5, 5.41) is -0.256. The third-order valence-electron chi connectivity index (χ3n) is 4.57. The molecule has 9 heteroatoms. The molecule has 0 spiro atoms. The molecule has 6 nitrogen and oxygen atoms in total. The number of carbonyl (C=O) groups excluding carboxylic acids is 1. The van der Waals surface area contributed by atoms with E-state index in [2.05, 4.69) is 4.98 Å². The third kappa shape index (κ3) is 5.08. The Kier molecular flexibility index (Phi) is 6.70. The monoisotopic (exact) mass is 447 g/mol. The Morgan fingerprint density at radius 3 is 2.61 bits per heavy atom. The number of hydrogen-bond acceptors (Lipinski definition) is 4. The first-order chi connectivity index (χ1) is 14.7. The van der Waals surface area contributed by atoms with Crippen LogP contribution in [0.2, 0.25) is 5.02 Å². The molecule has 1 amide bonds. The molecular formula is C22H20ClF2N3O3. The third-order valence-corrected chi connectivity index (χ3v) is 4.90. The van der Waals surface area contributed by atoms with E-state index in [1.807, 2.05) is 0 Å². The summed E-state index contributed by atoms with van der Waals surface area (Å²) in [4.78, 5) is 30.6. The van der Waals surface area contributed by atoms with Gasteiger partial charge in [0.2, 0.25) is 5.88 Å². The van der Waals surface area contributed by atoms with E-state index in [9.17, 15) is 18.4 Å². The van der Waals surface area contributed by atoms with Crippen LogP contribution in [0.4, 0.5) is 8.78 Å². The van der Waals surface area contributed by atoms with E-state index in [0.717, 1.165) is 17.7 Å². The van der Waals surface area contributed by atoms with E-state index in [1.54, 1.807) is 45.3 Å². The van der Waals surface area contributed by atoms with Gasteiger partial charge in [0.1, 0.15) is 24.1 Å². The van der Waals surface area contributed by atoms with Gasteiger partial charge >= 0.3 is 0 Å². The van der Waals surface area contributed by atoms with Gasteiger partial charge in [-0.25, -0.2) is 8.78 Å². The molecule has 0 aliphatic rings. The molecule has 0 saturated carbocycles. The topological polar surface area (TPSA) is 64.4 Å². The van der Waals surface area contributed by atoms with Gasteiger partial charge in [-0.05, 0) is 36.8 Å². The minimum absolute atomic E-state index is 0.100. The number of amides is 1. The van der Waals surface area contributed by atoms with Crippen LogP contribution in [-0.2, 0) is 13.2 Å². The van der Waals surface area contributed by atoms with Crippen LogP contribution in [0.25, 0.3) is 0 Å². The maximum atomic E-state index is 13.8. The fourth-order valence-corrected chi connectivity index (χ4v) is 3.12. The second-order valence-electron chi connectivity index (χ2n) is 7.09. The summed E-state index contributed by atoms with van der Waals surface area (Å²) in [5.74, 6) is -1.44. The molecule has 1 aromatic heterocycles. The highest BCUT2D eigenvalue weighted by Gasteiger charge is 2.16. The van der Waals surface area contributed by atoms with Crippen molar-refractivity contribution in [3.05, 3.63) is 92.0 Å². The molecule has 2 aromatic carbocycles. The molecule has 162 valence electrons. The van der Waals surface area contributed by atoms with E-state index >= 15 is 0 Å². The molecule has 0 aliphatic heterocycles. The van der Waals surface area contributed by atoms with Gasteiger partial charge in [-0.3, -0.25) is 14.2 Å². The molecular weight excluding hydrogens is 428 g/mol. The van der Waals surface area contributed by atoms with Crippen molar-refractivity contribution in [1.82, 2.24) is 14.5 Å². The van der Waals surface area contributed by atoms with Gasteiger partial charge in [0.25, 0.3) is 11.5 Å². The molecule has 3 aromatic rings. The van der Waals surface area contributed by atoms with Crippen LogP contribution in [0.1, 0.15) is 27.3 Å². The summed E-state index contributed by atoms with van der Waals surface area (Å²) in [6, 6.07) is 10.0. The molecule has 0 radical (unpaired) electrons. The van der Waals surface area contributed by atoms with Crippen molar-refractivity contribution in [2.45, 2.75) is 20.1 Å². The van der Waals surface area contributed by atoms with Crippen molar-refractivity contribution < 1.29 is 18.3 Å². The van der Waals surface area contributed by atoms with E-state index in [0.29, 0.717) is 11.4 Å². The van der Waals surface area contributed by atoms with Gasteiger partial charge < -0.3 is 9.64 Å². The smallest absolute Gasteiger partial charge is 0.276 e. The second-order valence-corrected chi connectivity index (χ2v) is 7.47. The van der Waals surface area contributed by atoms with Crippen LogP contribution >= 0.6 is 11.6 Å². The van der Waals surface area contributed by atoms with Crippen molar-refractivity contribution >= 4 is 17.5 Å². The van der Waals surface area contributed by atoms with Gasteiger partial charge in [-0.15, -0.1) is 0 Å². The Morgan fingerprint density at radius 1 is 1.19 bits per heavy atom. The summed E-state index contributed by atoms with van der Waals surface area (Å²) < 4.78 is 33.6. The average molecular weight is 448 g/mol. The lowest BCUT2D eigenvalue weighted by Gasteiger charge is -2.15. The fourth-order valence-electron chi connectivity index (χ4n) is 2.92. The lowest BCUT2D eigenvalue weighted by Crippen LogP contribution is -2.26. The van der Waals surface area contributed by atoms with Crippen molar-refractivity contribution in [1.29, 1.82) is 0 Å². The Bertz CT molecular complexity index is 1200. The van der Waals surface area contributed by atoms with Gasteiger partial charge in [0, 0.05) is 31.3 Å². The Labute approximate surface area is 182 Å². The predicted octanol–water partition coefficient (Wildman–Crippen LogP) is 3.81. The Hall–Kier alpha value is -3.26. The standard InChI is InChI=1S/C22H20ClF2N3O3/c1-13-26-20(31-12-16-7-8-17(24)10-18(16)25)19(23)22(30)28(13)11-14-5-4-6-15(9-14)21(29)27(2)3/h4-10H,11-12H2,1-3H3. The zero-order valence-electron chi connectivity index (χ0n) is 17.2. The first kappa shape index (κ1) is 22.4. The first-order valence-electron chi connectivity index (χ1n) is 9.31. The van der Waals surface area contributed by atoms with Crippen molar-refractivity contribution in [2.24, 2.45) is 0 Å². The molecule has 0 unspecified atom stereocenters. The number of hydrogen-bond donors (Lipinski definition) is 0. The van der Waals surface area contributed by atoms with Crippen LogP contribution in [0.3, 0.4) is 0 Å². The van der Waals surface area contributed by atoms with E-state index in [1.165, 1.54) is 15.5 Å². The van der Waals surface area contributed by atoms with Crippen LogP contribution in [0.15, 0.2) is 47.3 Å². The highest BCUT2D eigenvalue weighted by Crippen LogP contribution is 2.21. The fraction of sp³-hybridized carbons (Fsp3) is 0.227. The lowest BCUT2D eigenvalue weighted by atomic mass is 10.1. The highest BCUT2D eigenvalue weighted by molar-refractivity contribution is 6.31. The van der Waals surface area contributed by atoms with Crippen molar-refractivity contribution in [3.8, 4) is 5.88 Å². The zero-order valence-corrected chi connectivity index (χ0v) is 17.9. The summed E-state index contributed by atoms with van der Waals surface area (Å²) >= 11 is 6.16. The average Bonchev–Trinajstić information content (AvgIpc) is 2.73. The number of rotatable bonds is 6. The largest absolute Gasteiger partial charge is 0.471 e. The first-order valence-corrected chi connectivity index (χ1v) is 9.69. The van der Waals surface area contributed by atoms with Crippen molar-refractivity contribution in [2.75, 3.05) is 14.1 Å². The number of aryl methyl sites for hydroxylation is 1. The Balaban J connectivity index is 1.84. The maximum Gasteiger partial charge on any atom is 0.276 e. The lowest BCUT2D eigenvalue weighted by molar-refractivity contribution is 0.0827. The van der Waals surface area contributed by atoms with E-state index in [-0.39, 0.29) is 35.5 Å². The zero-order chi connectivity index (χ0) is 22.7. The van der Waals surface area contributed by atoms with Crippen LogP contribution in [-0.4, -0.2) is 34.5 Å². The minimum Gasteiger partial charge on any atom is -0.471 e. The minimum atomic E-state index is -0.770. The van der Waals surface area contributed by atoms with Gasteiger partial charge in [0.05, 0.1) is 6.54 Å². The highest BCUT2D eigenvalue weighted by atomic mass is 35.5. The number of ether oxygens (including phenoxy) is 1. The van der Waals surface area contributed by atoms with Gasteiger partial charge in [0.15, 0.2) is 5.02 Å². The molecule has 0 atom stereocenters. The number of benzene rings is 2. The van der Waals surface area contributed by atoms with E-state index in [4.69, 9.17) is 16.3 Å². The summed E-state index contributed by atoms with van der Waals surface area (Å²) in [6.07, 6.45) is 0. The molecule has 0 saturated heterocycles. The molecule has 3 rings (SSSR count). The quantitative estimate of drug-likeness (QED) is 0.576. The molecule has 0 aliphatic carbocycles. The molecule has 0 bridgehead atoms. The van der Waals surface area contributed by atoms with E-state index < -0.39 is 17.2 Å². The molecule has 0 N–H and O–H groups in total. The van der Waals surface area contributed by atoms with Crippen LogP contribution < -0.4 is 10.3 Å². The number of halogens is 3. The molecule has 1 heterocycles. The second kappa shape index (κ2) is 9.26. The molecule has 31 heavy (non-hydrogen) atoms. The van der Waals surface area contributed by atoms with Crippen LogP contribution in [0.5, 0.6) is 5.88 Å². The number of carbonyl (C=O) groups is 1.